The van der Waals surface area contributed by atoms with Crippen molar-refractivity contribution >= 4 is 17.5 Å². The van der Waals surface area contributed by atoms with Crippen LogP contribution in [0.15, 0.2) is 12.1 Å². The number of pyridine rings is 1. The Labute approximate surface area is 118 Å². The lowest BCUT2D eigenvalue weighted by molar-refractivity contribution is 0.0653. The number of aliphatic hydroxyl groups is 1. The Balaban J connectivity index is 2.10. The number of aryl methyl sites for hydroxylation is 1. The van der Waals surface area contributed by atoms with Crippen LogP contribution in [0, 0.1) is 12.8 Å². The molecule has 1 atom stereocenters. The van der Waals surface area contributed by atoms with Crippen LogP contribution >= 0.6 is 11.6 Å². The van der Waals surface area contributed by atoms with Crippen molar-refractivity contribution in [2.75, 3.05) is 19.7 Å². The van der Waals surface area contributed by atoms with Gasteiger partial charge in [0.2, 0.25) is 0 Å². The fourth-order valence-electron chi connectivity index (χ4n) is 2.60. The minimum Gasteiger partial charge on any atom is -0.396 e. The molecule has 0 aromatic carbocycles. The van der Waals surface area contributed by atoms with E-state index in [1.165, 1.54) is 0 Å². The monoisotopic (exact) mass is 282 g/mol. The zero-order chi connectivity index (χ0) is 13.8. The predicted octanol–water partition coefficient (Wildman–Crippen LogP) is 2.28. The second-order valence-corrected chi connectivity index (χ2v) is 5.48. The molecule has 0 bridgehead atoms. The molecular weight excluding hydrogens is 264 g/mol. The van der Waals surface area contributed by atoms with Crippen molar-refractivity contribution in [2.24, 2.45) is 5.92 Å². The van der Waals surface area contributed by atoms with E-state index in [4.69, 9.17) is 16.7 Å². The van der Waals surface area contributed by atoms with Crippen LogP contribution in [0.25, 0.3) is 0 Å². The Bertz CT molecular complexity index is 443. The van der Waals surface area contributed by atoms with Gasteiger partial charge in [0.15, 0.2) is 0 Å². The van der Waals surface area contributed by atoms with E-state index < -0.39 is 0 Å². The van der Waals surface area contributed by atoms with E-state index in [2.05, 4.69) is 4.98 Å². The molecule has 0 radical (unpaired) electrons. The summed E-state index contributed by atoms with van der Waals surface area (Å²) in [4.78, 5) is 18.4. The summed E-state index contributed by atoms with van der Waals surface area (Å²) in [6.07, 6.45) is 2.84. The summed E-state index contributed by atoms with van der Waals surface area (Å²) in [5, 5.41) is 9.36. The zero-order valence-corrected chi connectivity index (χ0v) is 11.9. The van der Waals surface area contributed by atoms with Gasteiger partial charge in [-0.2, -0.15) is 0 Å². The summed E-state index contributed by atoms with van der Waals surface area (Å²) in [6.45, 7) is 3.51. The highest BCUT2D eigenvalue weighted by Crippen LogP contribution is 2.21. The van der Waals surface area contributed by atoms with Gasteiger partial charge in [-0.05, 0) is 44.2 Å². The average Bonchev–Trinajstić information content (AvgIpc) is 2.37. The molecule has 1 N–H and O–H groups in total. The summed E-state index contributed by atoms with van der Waals surface area (Å²) in [6, 6.07) is 3.39. The zero-order valence-electron chi connectivity index (χ0n) is 11.1. The second kappa shape index (κ2) is 6.35. The number of hydrogen-bond donors (Lipinski definition) is 1. The maximum absolute atomic E-state index is 12.4. The summed E-state index contributed by atoms with van der Waals surface area (Å²) >= 11 is 5.90. The minimum atomic E-state index is 0.00930. The Hall–Kier alpha value is -1.13. The topological polar surface area (TPSA) is 53.4 Å². The maximum atomic E-state index is 12.4. The van der Waals surface area contributed by atoms with E-state index in [0.29, 0.717) is 16.6 Å². The maximum Gasteiger partial charge on any atom is 0.254 e. The van der Waals surface area contributed by atoms with Crippen molar-refractivity contribution in [3.8, 4) is 0 Å². The number of hydrogen-bond acceptors (Lipinski definition) is 3. The second-order valence-electron chi connectivity index (χ2n) is 5.09. The van der Waals surface area contributed by atoms with Gasteiger partial charge in [0, 0.05) is 31.0 Å². The van der Waals surface area contributed by atoms with E-state index in [0.717, 1.165) is 38.0 Å². The quantitative estimate of drug-likeness (QED) is 0.866. The number of likely N-dealkylation sites (tertiary alicyclic amines) is 1. The standard InChI is InChI=1S/C14H19ClN2O2/c1-10-7-12(8-13(15)16-10)14(19)17-5-2-3-11(9-17)4-6-18/h7-8,11,18H,2-6,9H2,1H3. The van der Waals surface area contributed by atoms with Crippen molar-refractivity contribution in [3.63, 3.8) is 0 Å². The van der Waals surface area contributed by atoms with E-state index in [9.17, 15) is 4.79 Å². The van der Waals surface area contributed by atoms with Crippen LogP contribution < -0.4 is 0 Å². The number of aliphatic hydroxyl groups excluding tert-OH is 1. The van der Waals surface area contributed by atoms with Gasteiger partial charge in [0.25, 0.3) is 5.91 Å². The number of aromatic nitrogens is 1. The van der Waals surface area contributed by atoms with Gasteiger partial charge in [-0.1, -0.05) is 11.6 Å². The van der Waals surface area contributed by atoms with Crippen molar-refractivity contribution < 1.29 is 9.90 Å². The van der Waals surface area contributed by atoms with Crippen LogP contribution in [0.1, 0.15) is 35.3 Å². The first kappa shape index (κ1) is 14.3. The molecule has 4 nitrogen and oxygen atoms in total. The molecule has 19 heavy (non-hydrogen) atoms. The molecule has 1 aromatic rings. The van der Waals surface area contributed by atoms with Crippen LogP contribution in [0.2, 0.25) is 5.15 Å². The van der Waals surface area contributed by atoms with Crippen molar-refractivity contribution in [2.45, 2.75) is 26.2 Å². The SMILES string of the molecule is Cc1cc(C(=O)N2CCCC(CCO)C2)cc(Cl)n1. The lowest BCUT2D eigenvalue weighted by Gasteiger charge is -2.32. The molecule has 2 heterocycles. The molecule has 1 amide bonds. The van der Waals surface area contributed by atoms with E-state index in [1.807, 2.05) is 11.8 Å². The smallest absolute Gasteiger partial charge is 0.254 e. The average molecular weight is 283 g/mol. The summed E-state index contributed by atoms with van der Waals surface area (Å²) in [7, 11) is 0. The number of halogens is 1. The lowest BCUT2D eigenvalue weighted by Crippen LogP contribution is -2.40. The predicted molar refractivity (Wildman–Crippen MR) is 74.3 cm³/mol. The molecule has 5 heteroatoms. The molecule has 1 aliphatic rings. The van der Waals surface area contributed by atoms with E-state index >= 15 is 0 Å². The van der Waals surface area contributed by atoms with Crippen molar-refractivity contribution in [1.82, 2.24) is 9.88 Å². The molecule has 104 valence electrons. The molecule has 1 fully saturated rings. The van der Waals surface area contributed by atoms with Gasteiger partial charge in [-0.25, -0.2) is 4.98 Å². The van der Waals surface area contributed by atoms with Gasteiger partial charge in [0.05, 0.1) is 0 Å². The Kier molecular flexibility index (Phi) is 4.77. The largest absolute Gasteiger partial charge is 0.396 e. The van der Waals surface area contributed by atoms with Crippen LogP contribution in [0.4, 0.5) is 0 Å². The minimum absolute atomic E-state index is 0.00930. The van der Waals surface area contributed by atoms with Gasteiger partial charge < -0.3 is 10.0 Å². The molecule has 2 rings (SSSR count). The van der Waals surface area contributed by atoms with Gasteiger partial charge in [0.1, 0.15) is 5.15 Å². The molecule has 0 aliphatic carbocycles. The number of amides is 1. The van der Waals surface area contributed by atoms with E-state index in [1.54, 1.807) is 12.1 Å². The number of nitrogens with zero attached hydrogens (tertiary/aromatic N) is 2. The molecule has 1 saturated heterocycles. The summed E-state index contributed by atoms with van der Waals surface area (Å²) in [5.74, 6) is 0.413. The first-order valence-electron chi connectivity index (χ1n) is 6.64. The first-order chi connectivity index (χ1) is 9.10. The van der Waals surface area contributed by atoms with Crippen LogP contribution in [-0.2, 0) is 0 Å². The van der Waals surface area contributed by atoms with Crippen LogP contribution in [0.5, 0.6) is 0 Å². The fraction of sp³-hybridized carbons (Fsp3) is 0.571. The Morgan fingerprint density at radius 2 is 2.37 bits per heavy atom. The number of rotatable bonds is 3. The van der Waals surface area contributed by atoms with Crippen LogP contribution in [-0.4, -0.2) is 40.6 Å². The number of piperidine rings is 1. The molecule has 1 unspecified atom stereocenters. The Morgan fingerprint density at radius 3 is 3.05 bits per heavy atom. The molecular formula is C14H19ClN2O2. The first-order valence-corrected chi connectivity index (χ1v) is 7.02. The molecule has 1 aliphatic heterocycles. The molecule has 0 saturated carbocycles. The third-order valence-electron chi connectivity index (χ3n) is 3.51. The molecule has 1 aromatic heterocycles. The lowest BCUT2D eigenvalue weighted by atomic mass is 9.94. The number of carbonyl (C=O) groups is 1. The van der Waals surface area contributed by atoms with Gasteiger partial charge in [-0.3, -0.25) is 4.79 Å². The highest BCUT2D eigenvalue weighted by Gasteiger charge is 2.24. The highest BCUT2D eigenvalue weighted by molar-refractivity contribution is 6.29. The van der Waals surface area contributed by atoms with Crippen molar-refractivity contribution in [1.29, 1.82) is 0 Å². The molecule has 0 spiro atoms. The highest BCUT2D eigenvalue weighted by atomic mass is 35.5. The van der Waals surface area contributed by atoms with Crippen molar-refractivity contribution in [3.05, 3.63) is 28.5 Å². The normalized spacial score (nSPS) is 19.5. The Morgan fingerprint density at radius 1 is 1.58 bits per heavy atom. The summed E-state index contributed by atoms with van der Waals surface area (Å²) in [5.41, 5.74) is 1.35. The van der Waals surface area contributed by atoms with Gasteiger partial charge >= 0.3 is 0 Å². The van der Waals surface area contributed by atoms with Gasteiger partial charge in [-0.15, -0.1) is 0 Å². The summed E-state index contributed by atoms with van der Waals surface area (Å²) < 4.78 is 0. The third kappa shape index (κ3) is 3.67. The number of carbonyl (C=O) groups excluding carboxylic acids is 1. The van der Waals surface area contributed by atoms with E-state index in [-0.39, 0.29) is 12.5 Å². The van der Waals surface area contributed by atoms with Crippen LogP contribution in [0.3, 0.4) is 0 Å². The fourth-order valence-corrected chi connectivity index (χ4v) is 2.85. The third-order valence-corrected chi connectivity index (χ3v) is 3.71.